The summed E-state index contributed by atoms with van der Waals surface area (Å²) in [7, 11) is 0. The van der Waals surface area contributed by atoms with Gasteiger partial charge in [-0.15, -0.1) is 0 Å². The van der Waals surface area contributed by atoms with Crippen LogP contribution in [0, 0.1) is 5.92 Å². The molecule has 3 N–H and O–H groups in total. The van der Waals surface area contributed by atoms with Crippen LogP contribution in [0.25, 0.3) is 0 Å². The van der Waals surface area contributed by atoms with E-state index in [1.807, 2.05) is 18.4 Å². The summed E-state index contributed by atoms with van der Waals surface area (Å²) < 4.78 is 0. The minimum Gasteiger partial charge on any atom is -0.354 e. The lowest BCUT2D eigenvalue weighted by Gasteiger charge is -2.28. The molecule has 0 aromatic carbocycles. The molecule has 2 heterocycles. The van der Waals surface area contributed by atoms with E-state index in [9.17, 15) is 9.59 Å². The first-order valence-electron chi connectivity index (χ1n) is 6.50. The van der Waals surface area contributed by atoms with E-state index in [1.54, 1.807) is 11.3 Å². The van der Waals surface area contributed by atoms with Gasteiger partial charge < -0.3 is 16.0 Å². The maximum absolute atomic E-state index is 11.7. The third kappa shape index (κ3) is 3.96. The monoisotopic (exact) mass is 281 g/mol. The van der Waals surface area contributed by atoms with Crippen molar-refractivity contribution in [3.8, 4) is 0 Å². The molecule has 1 saturated heterocycles. The number of rotatable bonds is 4. The van der Waals surface area contributed by atoms with Crippen LogP contribution in [0.4, 0.5) is 4.79 Å². The molecule has 1 aromatic rings. The summed E-state index contributed by atoms with van der Waals surface area (Å²) in [5.41, 5.74) is 1.22. The fourth-order valence-electron chi connectivity index (χ4n) is 2.11. The van der Waals surface area contributed by atoms with Crippen LogP contribution in [0.15, 0.2) is 16.8 Å². The van der Waals surface area contributed by atoms with Crippen molar-refractivity contribution in [1.29, 1.82) is 0 Å². The molecular formula is C13H19N3O2S. The highest BCUT2D eigenvalue weighted by Gasteiger charge is 2.29. The average molecular weight is 281 g/mol. The van der Waals surface area contributed by atoms with Crippen LogP contribution < -0.4 is 16.0 Å². The molecule has 6 heteroatoms. The molecule has 0 spiro atoms. The second kappa shape index (κ2) is 6.56. The Bertz CT molecular complexity index is 433. The van der Waals surface area contributed by atoms with Gasteiger partial charge in [0.1, 0.15) is 6.04 Å². The molecule has 19 heavy (non-hydrogen) atoms. The van der Waals surface area contributed by atoms with E-state index in [0.717, 1.165) is 12.8 Å². The lowest BCUT2D eigenvalue weighted by Crippen LogP contribution is -2.56. The van der Waals surface area contributed by atoms with Crippen LogP contribution in [0.1, 0.15) is 18.9 Å². The number of amides is 3. The summed E-state index contributed by atoms with van der Waals surface area (Å²) in [4.78, 5) is 23.4. The molecule has 0 radical (unpaired) electrons. The number of piperidine rings is 1. The summed E-state index contributed by atoms with van der Waals surface area (Å²) in [6, 6.07) is 1.35. The van der Waals surface area contributed by atoms with Gasteiger partial charge in [0.15, 0.2) is 0 Å². The van der Waals surface area contributed by atoms with E-state index < -0.39 is 6.04 Å². The summed E-state index contributed by atoms with van der Waals surface area (Å²) in [5, 5.41) is 12.4. The van der Waals surface area contributed by atoms with Crippen LogP contribution in [-0.2, 0) is 11.2 Å². The van der Waals surface area contributed by atoms with E-state index >= 15 is 0 Å². The number of thiophene rings is 1. The van der Waals surface area contributed by atoms with E-state index in [1.165, 1.54) is 5.56 Å². The minimum atomic E-state index is -0.421. The van der Waals surface area contributed by atoms with Gasteiger partial charge in [0, 0.05) is 13.1 Å². The molecule has 1 fully saturated rings. The number of carbonyl (C=O) groups is 2. The summed E-state index contributed by atoms with van der Waals surface area (Å²) in [6.07, 6.45) is 1.70. The lowest BCUT2D eigenvalue weighted by atomic mass is 9.94. The van der Waals surface area contributed by atoms with Crippen molar-refractivity contribution >= 4 is 23.3 Å². The summed E-state index contributed by atoms with van der Waals surface area (Å²) >= 11 is 1.65. The molecule has 2 atom stereocenters. The maximum atomic E-state index is 11.7. The van der Waals surface area contributed by atoms with E-state index in [4.69, 9.17) is 0 Å². The third-order valence-corrected chi connectivity index (χ3v) is 4.05. The van der Waals surface area contributed by atoms with Crippen molar-refractivity contribution in [2.24, 2.45) is 5.92 Å². The van der Waals surface area contributed by atoms with Crippen molar-refractivity contribution in [1.82, 2.24) is 16.0 Å². The zero-order chi connectivity index (χ0) is 13.7. The van der Waals surface area contributed by atoms with Crippen molar-refractivity contribution in [2.45, 2.75) is 25.8 Å². The standard InChI is InChI=1S/C13H19N3O2S/c1-9-2-5-14-12(17)11(9)16-13(18)15-6-3-10-4-7-19-8-10/h4,7-9,11H,2-3,5-6H2,1H3,(H,14,17)(H2,15,16,18). The zero-order valence-electron chi connectivity index (χ0n) is 10.9. The first-order chi connectivity index (χ1) is 9.16. The second-order valence-electron chi connectivity index (χ2n) is 4.82. The second-order valence-corrected chi connectivity index (χ2v) is 5.60. The Balaban J connectivity index is 1.72. The molecule has 0 bridgehead atoms. The largest absolute Gasteiger partial charge is 0.354 e. The van der Waals surface area contributed by atoms with Gasteiger partial charge in [-0.05, 0) is 41.1 Å². The Hall–Kier alpha value is -1.56. The van der Waals surface area contributed by atoms with Crippen LogP contribution in [-0.4, -0.2) is 31.1 Å². The first kappa shape index (κ1) is 13.9. The highest BCUT2D eigenvalue weighted by molar-refractivity contribution is 7.07. The molecule has 3 amide bonds. The fraction of sp³-hybridized carbons (Fsp3) is 0.538. The lowest BCUT2D eigenvalue weighted by molar-refractivity contribution is -0.125. The Morgan fingerprint density at radius 1 is 1.58 bits per heavy atom. The van der Waals surface area contributed by atoms with Gasteiger partial charge in [0.05, 0.1) is 0 Å². The quantitative estimate of drug-likeness (QED) is 0.774. The Morgan fingerprint density at radius 2 is 2.42 bits per heavy atom. The fourth-order valence-corrected chi connectivity index (χ4v) is 2.82. The zero-order valence-corrected chi connectivity index (χ0v) is 11.8. The van der Waals surface area contributed by atoms with E-state index in [0.29, 0.717) is 13.1 Å². The van der Waals surface area contributed by atoms with Gasteiger partial charge in [-0.2, -0.15) is 11.3 Å². The number of nitrogens with one attached hydrogen (secondary N) is 3. The molecule has 2 rings (SSSR count). The summed E-state index contributed by atoms with van der Waals surface area (Å²) in [5.74, 6) is 0.0862. The van der Waals surface area contributed by atoms with Crippen LogP contribution in [0.3, 0.4) is 0 Å². The van der Waals surface area contributed by atoms with Gasteiger partial charge in [0.25, 0.3) is 0 Å². The smallest absolute Gasteiger partial charge is 0.315 e. The number of hydrogen-bond acceptors (Lipinski definition) is 3. The van der Waals surface area contributed by atoms with Gasteiger partial charge in [-0.25, -0.2) is 4.79 Å². The molecule has 5 nitrogen and oxygen atoms in total. The molecule has 0 saturated carbocycles. The normalized spacial score (nSPS) is 22.7. The van der Waals surface area contributed by atoms with Crippen LogP contribution in [0.5, 0.6) is 0 Å². The van der Waals surface area contributed by atoms with Crippen molar-refractivity contribution < 1.29 is 9.59 Å². The first-order valence-corrected chi connectivity index (χ1v) is 7.44. The third-order valence-electron chi connectivity index (χ3n) is 3.32. The SMILES string of the molecule is CC1CCNC(=O)C1NC(=O)NCCc1ccsc1. The van der Waals surface area contributed by atoms with Gasteiger partial charge in [-0.3, -0.25) is 4.79 Å². The highest BCUT2D eigenvalue weighted by Crippen LogP contribution is 2.12. The van der Waals surface area contributed by atoms with Gasteiger partial charge >= 0.3 is 6.03 Å². The molecule has 0 aliphatic carbocycles. The molecule has 1 aliphatic heterocycles. The van der Waals surface area contributed by atoms with Crippen molar-refractivity contribution in [2.75, 3.05) is 13.1 Å². The average Bonchev–Trinajstić information content (AvgIpc) is 2.87. The Morgan fingerprint density at radius 3 is 3.11 bits per heavy atom. The van der Waals surface area contributed by atoms with Crippen LogP contribution >= 0.6 is 11.3 Å². The predicted molar refractivity (Wildman–Crippen MR) is 75.1 cm³/mol. The Labute approximate surface area is 116 Å². The van der Waals surface area contributed by atoms with E-state index in [2.05, 4.69) is 21.3 Å². The minimum absolute atomic E-state index is 0.0910. The predicted octanol–water partition coefficient (Wildman–Crippen LogP) is 1.11. The number of urea groups is 1. The van der Waals surface area contributed by atoms with Crippen molar-refractivity contribution in [3.05, 3.63) is 22.4 Å². The Kier molecular flexibility index (Phi) is 4.79. The topological polar surface area (TPSA) is 70.2 Å². The van der Waals surface area contributed by atoms with Crippen LogP contribution in [0.2, 0.25) is 0 Å². The maximum Gasteiger partial charge on any atom is 0.315 e. The number of carbonyl (C=O) groups excluding carboxylic acids is 2. The highest BCUT2D eigenvalue weighted by atomic mass is 32.1. The van der Waals surface area contributed by atoms with Gasteiger partial charge in [-0.1, -0.05) is 6.92 Å². The molecule has 1 aliphatic rings. The molecule has 2 unspecified atom stereocenters. The molecule has 104 valence electrons. The molecule has 1 aromatic heterocycles. The number of hydrogen-bond donors (Lipinski definition) is 3. The van der Waals surface area contributed by atoms with Crippen molar-refractivity contribution in [3.63, 3.8) is 0 Å². The molecular weight excluding hydrogens is 262 g/mol. The summed E-state index contributed by atoms with van der Waals surface area (Å²) in [6.45, 7) is 3.25. The van der Waals surface area contributed by atoms with Gasteiger partial charge in [0.2, 0.25) is 5.91 Å². The van der Waals surface area contributed by atoms with E-state index in [-0.39, 0.29) is 17.9 Å².